The Bertz CT molecular complexity index is 1420. The molecule has 2 aromatic heterocycles. The summed E-state index contributed by atoms with van der Waals surface area (Å²) in [5, 5.41) is 18.1. The van der Waals surface area contributed by atoms with Crippen LogP contribution in [0, 0.1) is 5.92 Å². The zero-order chi connectivity index (χ0) is 27.3. The van der Waals surface area contributed by atoms with Gasteiger partial charge in [-0.25, -0.2) is 19.2 Å². The van der Waals surface area contributed by atoms with E-state index in [1.165, 1.54) is 12.0 Å². The van der Waals surface area contributed by atoms with Crippen molar-refractivity contribution in [2.24, 2.45) is 5.92 Å². The molecule has 11 nitrogen and oxygen atoms in total. The first-order chi connectivity index (χ1) is 18.0. The van der Waals surface area contributed by atoms with E-state index in [9.17, 15) is 14.6 Å². The number of hydrogen-bond donors (Lipinski definition) is 4. The Hall–Kier alpha value is -2.63. The molecule has 0 saturated carbocycles. The molecule has 1 aromatic carbocycles. The maximum absolute atomic E-state index is 12.8. The van der Waals surface area contributed by atoms with Crippen molar-refractivity contribution in [3.63, 3.8) is 0 Å². The molecule has 4 heterocycles. The van der Waals surface area contributed by atoms with Gasteiger partial charge in [-0.15, -0.1) is 0 Å². The van der Waals surface area contributed by atoms with E-state index in [1.54, 1.807) is 4.52 Å². The molecule has 12 heteroatoms. The number of nitrogen functional groups attached to an aromatic ring is 1. The third-order valence-electron chi connectivity index (χ3n) is 7.80. The SMILES string of the molecule is CC[C@H]1[C@H](O)C(COP(=O)(O)NCCC2=C[N+](C)(C)c3ccccc32)O[C@@]1(C)c1ccc2c(N)ncnn12. The molecule has 0 amide bonds. The van der Waals surface area contributed by atoms with E-state index in [4.69, 9.17) is 15.0 Å². The van der Waals surface area contributed by atoms with Gasteiger partial charge >= 0.3 is 7.75 Å². The van der Waals surface area contributed by atoms with Gasteiger partial charge in [0.15, 0.2) is 5.82 Å². The Morgan fingerprint density at radius 2 is 2.05 bits per heavy atom. The number of para-hydroxylation sites is 1. The second-order valence-corrected chi connectivity index (χ2v) is 12.2. The number of nitrogens with two attached hydrogens (primary N) is 1. The van der Waals surface area contributed by atoms with Crippen molar-refractivity contribution < 1.29 is 23.8 Å². The van der Waals surface area contributed by atoms with Crippen molar-refractivity contribution in [1.82, 2.24) is 24.2 Å². The number of aromatic nitrogens is 3. The number of quaternary nitrogens is 1. The van der Waals surface area contributed by atoms with Crippen LogP contribution in [0.5, 0.6) is 0 Å². The molecule has 1 fully saturated rings. The fourth-order valence-electron chi connectivity index (χ4n) is 5.93. The molecule has 2 aliphatic heterocycles. The van der Waals surface area contributed by atoms with Crippen LogP contribution in [0.1, 0.15) is 37.9 Å². The maximum Gasteiger partial charge on any atom is 0.403 e. The minimum absolute atomic E-state index is 0.246. The molecule has 38 heavy (non-hydrogen) atoms. The monoisotopic (exact) mass is 543 g/mol. The van der Waals surface area contributed by atoms with Gasteiger partial charge in [0.25, 0.3) is 0 Å². The van der Waals surface area contributed by atoms with E-state index in [1.807, 2.05) is 38.1 Å². The summed E-state index contributed by atoms with van der Waals surface area (Å²) in [6, 6.07) is 11.8. The lowest BCUT2D eigenvalue weighted by Crippen LogP contribution is -2.34. The highest BCUT2D eigenvalue weighted by Crippen LogP contribution is 2.48. The van der Waals surface area contributed by atoms with Crippen LogP contribution in [-0.2, 0) is 19.4 Å². The first-order valence-electron chi connectivity index (χ1n) is 12.8. The first kappa shape index (κ1) is 27.0. The van der Waals surface area contributed by atoms with Crippen LogP contribution in [-0.4, -0.2) is 64.1 Å². The largest absolute Gasteiger partial charge is 0.403 e. The number of anilines is 1. The van der Waals surface area contributed by atoms with Crippen LogP contribution in [0.25, 0.3) is 11.1 Å². The van der Waals surface area contributed by atoms with Crippen LogP contribution < -0.4 is 15.3 Å². The van der Waals surface area contributed by atoms with E-state index in [0.717, 1.165) is 11.1 Å². The van der Waals surface area contributed by atoms with E-state index >= 15 is 0 Å². The van der Waals surface area contributed by atoms with Gasteiger partial charge in [-0.2, -0.15) is 5.10 Å². The molecule has 0 radical (unpaired) electrons. The quantitative estimate of drug-likeness (QED) is 0.236. The fraction of sp³-hybridized carbons (Fsp3) is 0.462. The highest BCUT2D eigenvalue weighted by atomic mass is 31.2. The lowest BCUT2D eigenvalue weighted by molar-refractivity contribution is -0.0734. The van der Waals surface area contributed by atoms with Crippen molar-refractivity contribution in [2.75, 3.05) is 33.0 Å². The van der Waals surface area contributed by atoms with Crippen molar-refractivity contribution >= 4 is 30.3 Å². The average molecular weight is 544 g/mol. The van der Waals surface area contributed by atoms with E-state index in [0.29, 0.717) is 34.4 Å². The lowest BCUT2D eigenvalue weighted by Gasteiger charge is -2.30. The van der Waals surface area contributed by atoms with Crippen molar-refractivity contribution in [3.05, 3.63) is 60.2 Å². The summed E-state index contributed by atoms with van der Waals surface area (Å²) in [5.74, 6) is 0.0419. The minimum Gasteiger partial charge on any atom is -0.390 e. The van der Waals surface area contributed by atoms with E-state index in [-0.39, 0.29) is 19.1 Å². The number of aliphatic hydroxyl groups is 1. The van der Waals surface area contributed by atoms with Gasteiger partial charge in [-0.1, -0.05) is 19.1 Å². The summed E-state index contributed by atoms with van der Waals surface area (Å²) in [6.45, 7) is 3.86. The van der Waals surface area contributed by atoms with Gasteiger partial charge < -0.3 is 20.5 Å². The van der Waals surface area contributed by atoms with Crippen molar-refractivity contribution in [2.45, 2.75) is 44.5 Å². The number of nitrogens with one attached hydrogen (secondary N) is 1. The second kappa shape index (κ2) is 9.84. The van der Waals surface area contributed by atoms with Gasteiger partial charge in [0.2, 0.25) is 0 Å². The maximum atomic E-state index is 12.8. The number of ether oxygens (including phenoxy) is 1. The predicted octanol–water partition coefficient (Wildman–Crippen LogP) is 3.03. The number of rotatable bonds is 9. The van der Waals surface area contributed by atoms with Crippen LogP contribution >= 0.6 is 7.75 Å². The van der Waals surface area contributed by atoms with Crippen LogP contribution in [0.4, 0.5) is 11.5 Å². The number of aliphatic hydroxyl groups excluding tert-OH is 1. The summed E-state index contributed by atoms with van der Waals surface area (Å²) in [7, 11) is 0.0623. The first-order valence-corrected chi connectivity index (χ1v) is 14.4. The van der Waals surface area contributed by atoms with Gasteiger partial charge in [-0.05, 0) is 38.0 Å². The summed E-state index contributed by atoms with van der Waals surface area (Å²) >= 11 is 0. The third kappa shape index (κ3) is 4.69. The molecular formula is C26H36N6O5P+. The standard InChI is InChI=1S/C26H35N6O5P/c1-5-19-24(33)22(37-26(19,2)23-11-10-20-25(27)28-16-29-31(20)23)15-36-38(34,35)30-13-12-17-14-32(3,4)21-9-7-6-8-18(17)21/h6-11,14,16,19,22,24,33H,5,12-13,15H2,1-4H3,(H3-,27,28,29,30,34,35)/p+1/t19-,22?,24-,26+/m0/s1. The molecule has 5 rings (SSSR count). The Morgan fingerprint density at radius 3 is 2.82 bits per heavy atom. The van der Waals surface area contributed by atoms with E-state index in [2.05, 4.69) is 47.6 Å². The number of benzene rings is 1. The minimum atomic E-state index is -4.14. The highest BCUT2D eigenvalue weighted by molar-refractivity contribution is 7.50. The molecule has 5 atom stereocenters. The molecule has 0 spiro atoms. The van der Waals surface area contributed by atoms with Crippen molar-refractivity contribution in [3.8, 4) is 0 Å². The molecule has 2 aliphatic rings. The van der Waals surface area contributed by atoms with Gasteiger partial charge in [0, 0.05) is 29.7 Å². The molecule has 0 bridgehead atoms. The molecule has 1 saturated heterocycles. The molecule has 3 aromatic rings. The van der Waals surface area contributed by atoms with Gasteiger partial charge in [-0.3, -0.25) is 9.01 Å². The second-order valence-electron chi connectivity index (χ2n) is 10.6. The van der Waals surface area contributed by atoms with Crippen LogP contribution in [0.15, 0.2) is 48.9 Å². The summed E-state index contributed by atoms with van der Waals surface area (Å²) in [6.07, 6.45) is 2.98. The topological polar surface area (TPSA) is 144 Å². The number of fused-ring (bicyclic) bond motifs is 2. The molecule has 2 unspecified atom stereocenters. The molecular weight excluding hydrogens is 507 g/mol. The third-order valence-corrected chi connectivity index (χ3v) is 8.92. The van der Waals surface area contributed by atoms with Crippen LogP contribution in [0.2, 0.25) is 0 Å². The summed E-state index contributed by atoms with van der Waals surface area (Å²) in [4.78, 5) is 14.5. The molecule has 204 valence electrons. The van der Waals surface area contributed by atoms with Crippen LogP contribution in [0.3, 0.4) is 0 Å². The zero-order valence-corrected chi connectivity index (χ0v) is 23.0. The number of hydrogen-bond acceptors (Lipinski definition) is 7. The molecule has 5 N–H and O–H groups in total. The summed E-state index contributed by atoms with van der Waals surface area (Å²) in [5.41, 5.74) is 9.87. The predicted molar refractivity (Wildman–Crippen MR) is 146 cm³/mol. The Kier molecular flexibility index (Phi) is 6.98. The lowest BCUT2D eigenvalue weighted by atomic mass is 9.82. The van der Waals surface area contributed by atoms with Gasteiger partial charge in [0.05, 0.1) is 32.5 Å². The number of nitrogens with zero attached hydrogens (tertiary/aromatic N) is 4. The molecule has 0 aliphatic carbocycles. The Balaban J connectivity index is 1.23. The zero-order valence-electron chi connectivity index (χ0n) is 22.1. The van der Waals surface area contributed by atoms with Crippen molar-refractivity contribution in [1.29, 1.82) is 0 Å². The highest BCUT2D eigenvalue weighted by Gasteiger charge is 2.53. The Morgan fingerprint density at radius 1 is 1.29 bits per heavy atom. The van der Waals surface area contributed by atoms with Gasteiger partial charge in [0.1, 0.15) is 35.4 Å². The average Bonchev–Trinajstić information content (AvgIpc) is 3.50. The smallest absolute Gasteiger partial charge is 0.390 e. The summed E-state index contributed by atoms with van der Waals surface area (Å²) < 4.78 is 26.8. The van der Waals surface area contributed by atoms with E-state index < -0.39 is 25.6 Å². The normalized spacial score (nSPS) is 27.8. The fourth-order valence-corrected chi connectivity index (χ4v) is 6.76. The Labute approximate surface area is 222 Å².